The van der Waals surface area contributed by atoms with Crippen LogP contribution < -0.4 is 14.2 Å². The Balaban J connectivity index is 1.56. The Kier molecular flexibility index (Phi) is 7.72. The zero-order valence-electron chi connectivity index (χ0n) is 18.6. The van der Waals surface area contributed by atoms with E-state index in [1.54, 1.807) is 37.4 Å². The van der Waals surface area contributed by atoms with Gasteiger partial charge in [-0.2, -0.15) is 0 Å². The smallest absolute Gasteiger partial charge is 0.196 e. The fourth-order valence-electron chi connectivity index (χ4n) is 3.26. The summed E-state index contributed by atoms with van der Waals surface area (Å²) in [4.78, 5) is 13.0. The number of hydrogen-bond donors (Lipinski definition) is 0. The molecular formula is C25H22ClN3O4S. The maximum atomic E-state index is 13.0. The van der Waals surface area contributed by atoms with Crippen molar-refractivity contribution in [1.82, 2.24) is 14.8 Å². The number of benzene rings is 3. The first-order valence-corrected chi connectivity index (χ1v) is 11.7. The van der Waals surface area contributed by atoms with Gasteiger partial charge in [-0.3, -0.25) is 9.36 Å². The molecule has 0 saturated heterocycles. The average Bonchev–Trinajstić information content (AvgIpc) is 3.29. The molecule has 0 aliphatic heterocycles. The molecule has 3 aromatic carbocycles. The second-order valence-electron chi connectivity index (χ2n) is 7.07. The second kappa shape index (κ2) is 11.1. The van der Waals surface area contributed by atoms with Gasteiger partial charge in [-0.25, -0.2) is 0 Å². The van der Waals surface area contributed by atoms with Gasteiger partial charge < -0.3 is 14.2 Å². The van der Waals surface area contributed by atoms with Crippen LogP contribution in [0.3, 0.4) is 0 Å². The number of para-hydroxylation sites is 2. The average molecular weight is 496 g/mol. The summed E-state index contributed by atoms with van der Waals surface area (Å²) in [5, 5.41) is 9.73. The molecule has 1 aromatic heterocycles. The summed E-state index contributed by atoms with van der Waals surface area (Å²) in [5.41, 5.74) is 1.34. The van der Waals surface area contributed by atoms with Gasteiger partial charge in [0, 0.05) is 11.8 Å². The van der Waals surface area contributed by atoms with Crippen molar-refractivity contribution >= 4 is 29.1 Å². The van der Waals surface area contributed by atoms with Crippen LogP contribution in [0.4, 0.5) is 0 Å². The Morgan fingerprint density at radius 2 is 1.71 bits per heavy atom. The molecule has 0 bridgehead atoms. The third kappa shape index (κ3) is 5.35. The fraction of sp³-hybridized carbons (Fsp3) is 0.160. The number of thioether (sulfide) groups is 1. The molecule has 9 heteroatoms. The van der Waals surface area contributed by atoms with Crippen LogP contribution in [0.5, 0.6) is 17.2 Å². The third-order valence-electron chi connectivity index (χ3n) is 4.95. The number of Topliss-reactive ketones (excluding diaryl/α,β-unsaturated/α-hetero) is 1. The molecule has 0 aliphatic carbocycles. The highest BCUT2D eigenvalue weighted by Crippen LogP contribution is 2.29. The van der Waals surface area contributed by atoms with Gasteiger partial charge in [-0.15, -0.1) is 10.2 Å². The van der Waals surface area contributed by atoms with Crippen molar-refractivity contribution in [2.45, 2.75) is 11.8 Å². The molecule has 0 unspecified atom stereocenters. The van der Waals surface area contributed by atoms with E-state index >= 15 is 0 Å². The van der Waals surface area contributed by atoms with Crippen LogP contribution in [0.25, 0.3) is 5.69 Å². The molecule has 0 fully saturated rings. The number of halogens is 1. The number of rotatable bonds is 10. The van der Waals surface area contributed by atoms with Crippen LogP contribution >= 0.6 is 23.4 Å². The quantitative estimate of drug-likeness (QED) is 0.212. The molecule has 4 rings (SSSR count). The Bertz CT molecular complexity index is 1280. The Hall–Kier alpha value is -3.49. The summed E-state index contributed by atoms with van der Waals surface area (Å²) < 4.78 is 18.3. The van der Waals surface area contributed by atoms with E-state index in [0.29, 0.717) is 38.8 Å². The number of ketones is 1. The maximum Gasteiger partial charge on any atom is 0.196 e. The van der Waals surface area contributed by atoms with Gasteiger partial charge >= 0.3 is 0 Å². The van der Waals surface area contributed by atoms with Crippen LogP contribution in [0, 0.1) is 0 Å². The zero-order valence-corrected chi connectivity index (χ0v) is 20.2. The molecule has 34 heavy (non-hydrogen) atoms. The maximum absolute atomic E-state index is 13.0. The first kappa shape index (κ1) is 23.7. The molecule has 7 nitrogen and oxygen atoms in total. The molecule has 174 valence electrons. The molecule has 0 aliphatic rings. The lowest BCUT2D eigenvalue weighted by Gasteiger charge is -2.12. The Morgan fingerprint density at radius 3 is 2.44 bits per heavy atom. The summed E-state index contributed by atoms with van der Waals surface area (Å²) in [6, 6.07) is 22.0. The Morgan fingerprint density at radius 1 is 0.941 bits per heavy atom. The van der Waals surface area contributed by atoms with Gasteiger partial charge in [0.25, 0.3) is 0 Å². The lowest BCUT2D eigenvalue weighted by Crippen LogP contribution is -2.09. The van der Waals surface area contributed by atoms with Crippen LogP contribution in [0.15, 0.2) is 78.0 Å². The van der Waals surface area contributed by atoms with E-state index in [9.17, 15) is 4.79 Å². The summed E-state index contributed by atoms with van der Waals surface area (Å²) in [7, 11) is 3.09. The summed E-state index contributed by atoms with van der Waals surface area (Å²) in [6.45, 7) is 0.159. The lowest BCUT2D eigenvalue weighted by atomic mass is 10.1. The summed E-state index contributed by atoms with van der Waals surface area (Å²) in [6.07, 6.45) is 0. The van der Waals surface area contributed by atoms with Crippen molar-refractivity contribution in [3.8, 4) is 22.9 Å². The SMILES string of the molecule is COc1ccc(C(=O)CSc2nnc(COc3ccccc3Cl)n2-c2ccccc2)c(OC)c1. The van der Waals surface area contributed by atoms with Gasteiger partial charge in [-0.05, 0) is 36.4 Å². The standard InChI is InChI=1S/C25H22ClN3O4S/c1-31-18-12-13-19(23(14-18)32-2)21(30)16-34-25-28-27-24(29(25)17-8-4-3-5-9-17)15-33-22-11-7-6-10-20(22)26/h3-14H,15-16H2,1-2H3. The van der Waals surface area contributed by atoms with Gasteiger partial charge in [0.05, 0.1) is 30.6 Å². The first-order chi connectivity index (χ1) is 16.6. The van der Waals surface area contributed by atoms with Crippen LogP contribution in [-0.4, -0.2) is 40.5 Å². The highest BCUT2D eigenvalue weighted by Gasteiger charge is 2.19. The van der Waals surface area contributed by atoms with Crippen molar-refractivity contribution in [2.24, 2.45) is 0 Å². The summed E-state index contributed by atoms with van der Waals surface area (Å²) in [5.74, 6) is 2.28. The lowest BCUT2D eigenvalue weighted by molar-refractivity contribution is 0.101. The second-order valence-corrected chi connectivity index (χ2v) is 8.42. The zero-order chi connectivity index (χ0) is 23.9. The highest BCUT2D eigenvalue weighted by atomic mass is 35.5. The van der Waals surface area contributed by atoms with Crippen molar-refractivity contribution in [1.29, 1.82) is 0 Å². The first-order valence-electron chi connectivity index (χ1n) is 10.4. The number of carbonyl (C=O) groups excluding carboxylic acids is 1. The van der Waals surface area contributed by atoms with E-state index in [0.717, 1.165) is 5.69 Å². The number of hydrogen-bond acceptors (Lipinski definition) is 7. The van der Waals surface area contributed by atoms with E-state index in [1.165, 1.54) is 18.9 Å². The minimum absolute atomic E-state index is 0.0963. The van der Waals surface area contributed by atoms with Crippen molar-refractivity contribution in [3.05, 3.63) is 89.2 Å². The van der Waals surface area contributed by atoms with Crippen LogP contribution in [-0.2, 0) is 6.61 Å². The largest absolute Gasteiger partial charge is 0.497 e. The van der Waals surface area contributed by atoms with Crippen molar-refractivity contribution in [3.63, 3.8) is 0 Å². The molecule has 0 saturated carbocycles. The number of ether oxygens (including phenoxy) is 3. The van der Waals surface area contributed by atoms with Crippen LogP contribution in [0.2, 0.25) is 5.02 Å². The van der Waals surface area contributed by atoms with Gasteiger partial charge in [-0.1, -0.05) is 53.7 Å². The normalized spacial score (nSPS) is 10.7. The minimum Gasteiger partial charge on any atom is -0.497 e. The monoisotopic (exact) mass is 495 g/mol. The minimum atomic E-state index is -0.0963. The topological polar surface area (TPSA) is 75.5 Å². The molecule has 0 spiro atoms. The fourth-order valence-corrected chi connectivity index (χ4v) is 4.31. The number of aromatic nitrogens is 3. The molecule has 1 heterocycles. The van der Waals surface area contributed by atoms with Gasteiger partial charge in [0.1, 0.15) is 23.9 Å². The molecule has 0 radical (unpaired) electrons. The molecular weight excluding hydrogens is 474 g/mol. The van der Waals surface area contributed by atoms with Gasteiger partial charge in [0.15, 0.2) is 16.8 Å². The predicted octanol–water partition coefficient (Wildman–Crippen LogP) is 5.49. The van der Waals surface area contributed by atoms with Gasteiger partial charge in [0.2, 0.25) is 0 Å². The molecule has 0 amide bonds. The number of nitrogens with zero attached hydrogens (tertiary/aromatic N) is 3. The summed E-state index contributed by atoms with van der Waals surface area (Å²) >= 11 is 7.50. The van der Waals surface area contributed by atoms with E-state index < -0.39 is 0 Å². The van der Waals surface area contributed by atoms with E-state index in [4.69, 9.17) is 25.8 Å². The highest BCUT2D eigenvalue weighted by molar-refractivity contribution is 7.99. The van der Waals surface area contributed by atoms with Crippen molar-refractivity contribution < 1.29 is 19.0 Å². The van der Waals surface area contributed by atoms with Crippen LogP contribution in [0.1, 0.15) is 16.2 Å². The van der Waals surface area contributed by atoms with E-state index in [-0.39, 0.29) is 18.1 Å². The molecule has 0 N–H and O–H groups in total. The predicted molar refractivity (Wildman–Crippen MR) is 132 cm³/mol. The van der Waals surface area contributed by atoms with E-state index in [2.05, 4.69) is 10.2 Å². The molecule has 0 atom stereocenters. The van der Waals surface area contributed by atoms with Crippen molar-refractivity contribution in [2.75, 3.05) is 20.0 Å². The molecule has 4 aromatic rings. The Labute approximate surface area is 206 Å². The number of methoxy groups -OCH3 is 2. The third-order valence-corrected chi connectivity index (χ3v) is 6.19. The van der Waals surface area contributed by atoms with E-state index in [1.807, 2.05) is 47.0 Å². The number of carbonyl (C=O) groups is 1.